The predicted molar refractivity (Wildman–Crippen MR) is 223 cm³/mol. The van der Waals surface area contributed by atoms with E-state index < -0.39 is 23.6 Å². The number of amides is 6. The van der Waals surface area contributed by atoms with E-state index in [1.165, 1.54) is 56.0 Å². The van der Waals surface area contributed by atoms with Gasteiger partial charge in [-0.2, -0.15) is 0 Å². The molecule has 54 heavy (non-hydrogen) atoms. The lowest BCUT2D eigenvalue weighted by atomic mass is 10.2. The number of nitrogens with zero attached hydrogens (tertiary/aromatic N) is 4. The highest BCUT2D eigenvalue weighted by atomic mass is 32.2. The highest BCUT2D eigenvalue weighted by Gasteiger charge is 2.41. The minimum atomic E-state index is -0.456. The number of benzene rings is 2. The fourth-order valence-electron chi connectivity index (χ4n) is 4.81. The predicted octanol–water partition coefficient (Wildman–Crippen LogP) is 4.58. The van der Waals surface area contributed by atoms with Crippen LogP contribution in [-0.2, 0) is 28.8 Å². The van der Waals surface area contributed by atoms with Gasteiger partial charge in [-0.05, 0) is 37.1 Å². The number of thiazole rings is 2. The summed E-state index contributed by atoms with van der Waals surface area (Å²) in [5.41, 5.74) is 11.3. The van der Waals surface area contributed by atoms with E-state index in [0.29, 0.717) is 0 Å². The normalized spacial score (nSPS) is 15.8. The van der Waals surface area contributed by atoms with Crippen LogP contribution in [-0.4, -0.2) is 88.4 Å². The van der Waals surface area contributed by atoms with E-state index in [2.05, 4.69) is 31.7 Å². The molecule has 2 fully saturated rings. The van der Waals surface area contributed by atoms with Crippen molar-refractivity contribution >= 4 is 159 Å². The van der Waals surface area contributed by atoms with Crippen LogP contribution in [0.25, 0.3) is 20.4 Å². The Hall–Kier alpha value is -3.64. The number of hydrogen-bond donors (Lipinski definition) is 4. The van der Waals surface area contributed by atoms with Crippen molar-refractivity contribution in [2.24, 2.45) is 0 Å². The summed E-state index contributed by atoms with van der Waals surface area (Å²) < 4.78 is 4.05. The average molecular weight is 877 g/mol. The summed E-state index contributed by atoms with van der Waals surface area (Å²) in [5.74, 6) is -2.41. The largest absolute Gasteiger partial charge is 0.293 e. The third-order valence-electron chi connectivity index (χ3n) is 7.36. The van der Waals surface area contributed by atoms with Gasteiger partial charge in [0, 0.05) is 25.9 Å². The Morgan fingerprint density at radius 1 is 0.611 bits per heavy atom. The second-order valence-electron chi connectivity index (χ2n) is 11.2. The Morgan fingerprint density at radius 3 is 1.41 bits per heavy atom. The quantitative estimate of drug-likeness (QED) is 0.0598. The van der Waals surface area contributed by atoms with Crippen LogP contribution in [0.15, 0.2) is 67.0 Å². The first-order chi connectivity index (χ1) is 26.0. The molecule has 6 rings (SSSR count). The van der Waals surface area contributed by atoms with Gasteiger partial charge in [0.25, 0.3) is 11.8 Å². The van der Waals surface area contributed by atoms with E-state index >= 15 is 0 Å². The Morgan fingerprint density at radius 2 is 1.00 bits per heavy atom. The minimum Gasteiger partial charge on any atom is -0.293 e. The molecular formula is C32H28N8O6S8. The molecule has 2 aromatic carbocycles. The van der Waals surface area contributed by atoms with Crippen molar-refractivity contribution in [2.45, 2.75) is 34.4 Å². The number of carbonyl (C=O) groups is 6. The molecule has 2 saturated heterocycles. The molecule has 0 atom stereocenters. The van der Waals surface area contributed by atoms with E-state index in [4.69, 9.17) is 24.4 Å². The van der Waals surface area contributed by atoms with E-state index in [0.717, 1.165) is 52.6 Å². The van der Waals surface area contributed by atoms with Crippen LogP contribution in [0.4, 0.5) is 0 Å². The molecule has 0 bridgehead atoms. The van der Waals surface area contributed by atoms with Gasteiger partial charge >= 0.3 is 0 Å². The highest BCUT2D eigenvalue weighted by molar-refractivity contribution is 8.29. The minimum absolute atomic E-state index is 0.0141. The Balaban J connectivity index is 0.873. The fraction of sp³-hybridized carbons (Fsp3) is 0.250. The molecule has 280 valence electrons. The lowest BCUT2D eigenvalue weighted by Gasteiger charge is -2.15. The molecular weight excluding hydrogens is 849 g/mol. The molecule has 22 heteroatoms. The van der Waals surface area contributed by atoms with E-state index in [1.54, 1.807) is 0 Å². The third kappa shape index (κ3) is 10.4. The molecule has 4 aromatic rings. The molecule has 0 saturated carbocycles. The van der Waals surface area contributed by atoms with E-state index in [9.17, 15) is 28.8 Å². The lowest BCUT2D eigenvalue weighted by molar-refractivity contribution is -0.128. The van der Waals surface area contributed by atoms with Crippen LogP contribution in [0.5, 0.6) is 0 Å². The summed E-state index contributed by atoms with van der Waals surface area (Å²) in [5, 5.41) is 0. The maximum Gasteiger partial charge on any atom is 0.267 e. The molecule has 0 aliphatic carbocycles. The first kappa shape index (κ1) is 40.0. The summed E-state index contributed by atoms with van der Waals surface area (Å²) in [6.45, 7) is 0.269. The molecule has 4 heterocycles. The summed E-state index contributed by atoms with van der Waals surface area (Å²) >= 11 is 18.3. The number of fused-ring (bicyclic) bond motifs is 2. The number of nitrogens with one attached hydrogen (secondary N) is 4. The first-order valence-electron chi connectivity index (χ1n) is 16.0. The maximum atomic E-state index is 13.3. The third-order valence-corrected chi connectivity index (χ3v) is 14.7. The fourth-order valence-corrected chi connectivity index (χ4v) is 11.3. The topological polar surface area (TPSA) is 183 Å². The van der Waals surface area contributed by atoms with Crippen molar-refractivity contribution in [2.75, 3.05) is 24.6 Å². The van der Waals surface area contributed by atoms with Crippen molar-refractivity contribution < 1.29 is 28.8 Å². The molecule has 2 aliphatic heterocycles. The van der Waals surface area contributed by atoms with Crippen molar-refractivity contribution in [1.29, 1.82) is 0 Å². The second kappa shape index (κ2) is 18.8. The molecule has 14 nitrogen and oxygen atoms in total. The molecule has 0 spiro atoms. The van der Waals surface area contributed by atoms with Crippen molar-refractivity contribution in [1.82, 2.24) is 41.5 Å². The molecule has 4 N–H and O–H groups in total. The molecule has 2 aromatic heterocycles. The van der Waals surface area contributed by atoms with Gasteiger partial charge in [-0.15, -0.1) is 22.7 Å². The van der Waals surface area contributed by atoms with Gasteiger partial charge < -0.3 is 0 Å². The zero-order valence-corrected chi connectivity index (χ0v) is 34.3. The van der Waals surface area contributed by atoms with Crippen molar-refractivity contribution in [3.63, 3.8) is 0 Å². The molecule has 6 amide bonds. The number of carbonyl (C=O) groups excluding carboxylic acids is 6. The van der Waals surface area contributed by atoms with Gasteiger partial charge in [0.2, 0.25) is 23.6 Å². The van der Waals surface area contributed by atoms with E-state index in [1.807, 2.05) is 48.5 Å². The van der Waals surface area contributed by atoms with Crippen LogP contribution in [0.3, 0.4) is 0 Å². The zero-order valence-electron chi connectivity index (χ0n) is 27.8. The number of rotatable bonds is 14. The number of hydrogen-bond acceptors (Lipinski definition) is 16. The Kier molecular flexibility index (Phi) is 13.9. The van der Waals surface area contributed by atoms with Crippen LogP contribution in [0.2, 0.25) is 0 Å². The van der Waals surface area contributed by atoms with Crippen LogP contribution >= 0.6 is 94.2 Å². The van der Waals surface area contributed by atoms with Crippen molar-refractivity contribution in [3.05, 3.63) is 58.3 Å². The molecule has 0 unspecified atom stereocenters. The number of aromatic nitrogens is 2. The molecule has 0 radical (unpaired) electrons. The van der Waals surface area contributed by atoms with Gasteiger partial charge in [-0.25, -0.2) is 9.97 Å². The van der Waals surface area contributed by atoms with Gasteiger partial charge in [-0.3, -0.25) is 60.3 Å². The standard InChI is InChI=1S/C32H28N8O6S8/c41-21(35-37-23(43)15-49-29-33-17-7-1-3-9-19(17)51-29)11-5-13-39-27(45)25(53-31(39)47)26-28(46)40(32(48)54-26)14-6-12-22(42)36-38-24(44)16-50-30-34-18-8-2-4-10-20(18)52-30/h1-4,7-10H,5-6,11-16H2,(H,35,41)(H,36,42)(H,37,43)(H,38,44)/b26-25+. The Labute approximate surface area is 343 Å². The Bertz CT molecular complexity index is 1990. The molecule has 2 aliphatic rings. The van der Waals surface area contributed by atoms with Crippen LogP contribution < -0.4 is 21.7 Å². The lowest BCUT2D eigenvalue weighted by Crippen LogP contribution is -2.42. The number of para-hydroxylation sites is 2. The monoisotopic (exact) mass is 876 g/mol. The maximum absolute atomic E-state index is 13.3. The number of hydrazine groups is 2. The van der Waals surface area contributed by atoms with Crippen LogP contribution in [0, 0.1) is 0 Å². The second-order valence-corrected chi connectivity index (χ2v) is 19.0. The summed E-state index contributed by atoms with van der Waals surface area (Å²) in [7, 11) is 0. The van der Waals surface area contributed by atoms with Gasteiger partial charge in [0.05, 0.1) is 41.7 Å². The summed E-state index contributed by atoms with van der Waals surface area (Å²) in [4.78, 5) is 87.6. The number of thioether (sulfide) groups is 4. The van der Waals surface area contributed by atoms with Gasteiger partial charge in [0.15, 0.2) is 8.68 Å². The smallest absolute Gasteiger partial charge is 0.267 e. The van der Waals surface area contributed by atoms with Crippen molar-refractivity contribution in [3.8, 4) is 0 Å². The SMILES string of the molecule is O=C(CCCN1C(=O)/C(=C2\SC(=S)N(CCCC(=O)NNC(=O)CSc3nc4ccccc4s3)C2=O)SC1=S)NNC(=O)CSc1nc2ccccc2s1. The number of thiocarbonyl (C=S) groups is 2. The van der Waals surface area contributed by atoms with Gasteiger partial charge in [-0.1, -0.05) is 95.7 Å². The van der Waals surface area contributed by atoms with E-state index in [-0.39, 0.29) is 80.5 Å². The summed E-state index contributed by atoms with van der Waals surface area (Å²) in [6.07, 6.45) is 0.543. The highest BCUT2D eigenvalue weighted by Crippen LogP contribution is 2.42. The summed E-state index contributed by atoms with van der Waals surface area (Å²) in [6, 6.07) is 15.4. The average Bonchev–Trinajstić information content (AvgIpc) is 3.91. The van der Waals surface area contributed by atoms with Crippen LogP contribution in [0.1, 0.15) is 25.7 Å². The zero-order chi connectivity index (χ0) is 38.2. The van der Waals surface area contributed by atoms with Gasteiger partial charge in [0.1, 0.15) is 8.64 Å². The first-order valence-corrected chi connectivity index (χ1v) is 22.0.